The van der Waals surface area contributed by atoms with Crippen molar-refractivity contribution in [3.05, 3.63) is 45.4 Å². The Morgan fingerprint density at radius 1 is 1.21 bits per heavy atom. The zero-order chi connectivity index (χ0) is 20.4. The fraction of sp³-hybridized carbons (Fsp3) is 0.524. The van der Waals surface area contributed by atoms with E-state index < -0.39 is 0 Å². The molecule has 0 bridgehead atoms. The number of ether oxygens (including phenoxy) is 2. The van der Waals surface area contributed by atoms with Crippen molar-refractivity contribution in [1.82, 2.24) is 15.6 Å². The fourth-order valence-electron chi connectivity index (χ4n) is 2.57. The Bertz CT molecular complexity index is 759. The number of hydrogen-bond donors (Lipinski definition) is 2. The standard InChI is InChI=1S/C21H32N4O2S/c1-15(2)20-25-18(14-28-20)13-24-21(22-4)23-12-17-8-7-16(3)11-19(17)27-10-6-9-26-5/h7-8,11,14-15H,6,9-10,12-13H2,1-5H3,(H2,22,23,24). The third-order valence-electron chi connectivity index (χ3n) is 4.14. The van der Waals surface area contributed by atoms with E-state index in [0.717, 1.165) is 34.4 Å². The molecule has 0 saturated heterocycles. The van der Waals surface area contributed by atoms with Gasteiger partial charge in [-0.15, -0.1) is 11.3 Å². The second-order valence-electron chi connectivity index (χ2n) is 6.92. The number of nitrogens with one attached hydrogen (secondary N) is 2. The number of aromatic nitrogens is 1. The van der Waals surface area contributed by atoms with E-state index in [1.807, 2.05) is 0 Å². The van der Waals surface area contributed by atoms with Gasteiger partial charge < -0.3 is 20.1 Å². The third kappa shape index (κ3) is 7.13. The topological polar surface area (TPSA) is 67.8 Å². The largest absolute Gasteiger partial charge is 0.493 e. The van der Waals surface area contributed by atoms with Crippen LogP contribution in [0.2, 0.25) is 0 Å². The Hall–Kier alpha value is -2.12. The summed E-state index contributed by atoms with van der Waals surface area (Å²) in [6.07, 6.45) is 0.868. The molecule has 0 amide bonds. The van der Waals surface area contributed by atoms with E-state index in [1.165, 1.54) is 5.56 Å². The van der Waals surface area contributed by atoms with Gasteiger partial charge in [-0.3, -0.25) is 4.99 Å². The van der Waals surface area contributed by atoms with Crippen LogP contribution in [0.4, 0.5) is 0 Å². The number of nitrogens with zero attached hydrogens (tertiary/aromatic N) is 2. The predicted octanol–water partition coefficient (Wildman–Crippen LogP) is 3.86. The van der Waals surface area contributed by atoms with Gasteiger partial charge in [0.15, 0.2) is 5.96 Å². The molecule has 0 aliphatic carbocycles. The van der Waals surface area contributed by atoms with Crippen molar-refractivity contribution in [2.24, 2.45) is 4.99 Å². The highest BCUT2D eigenvalue weighted by molar-refractivity contribution is 7.09. The van der Waals surface area contributed by atoms with Gasteiger partial charge in [0, 0.05) is 50.6 Å². The van der Waals surface area contributed by atoms with E-state index in [0.29, 0.717) is 32.2 Å². The Kier molecular flexibility index (Phi) is 9.23. The van der Waals surface area contributed by atoms with Gasteiger partial charge in [0.25, 0.3) is 0 Å². The highest BCUT2D eigenvalue weighted by Gasteiger charge is 2.08. The number of methoxy groups -OCH3 is 1. The number of guanidine groups is 1. The molecule has 0 saturated carbocycles. The minimum absolute atomic E-state index is 0.458. The lowest BCUT2D eigenvalue weighted by molar-refractivity contribution is 0.171. The summed E-state index contributed by atoms with van der Waals surface area (Å²) in [5.41, 5.74) is 3.31. The molecule has 0 spiro atoms. The van der Waals surface area contributed by atoms with Crippen molar-refractivity contribution >= 4 is 17.3 Å². The van der Waals surface area contributed by atoms with Gasteiger partial charge in [-0.2, -0.15) is 0 Å². The predicted molar refractivity (Wildman–Crippen MR) is 116 cm³/mol. The van der Waals surface area contributed by atoms with E-state index in [9.17, 15) is 0 Å². The molecule has 0 unspecified atom stereocenters. The molecule has 1 aromatic carbocycles. The first kappa shape index (κ1) is 22.2. The van der Waals surface area contributed by atoms with Crippen LogP contribution in [-0.2, 0) is 17.8 Å². The lowest BCUT2D eigenvalue weighted by Crippen LogP contribution is -2.36. The van der Waals surface area contributed by atoms with E-state index in [1.54, 1.807) is 25.5 Å². The minimum atomic E-state index is 0.458. The monoisotopic (exact) mass is 404 g/mol. The van der Waals surface area contributed by atoms with Crippen LogP contribution >= 0.6 is 11.3 Å². The molecule has 0 fully saturated rings. The average molecular weight is 405 g/mol. The smallest absolute Gasteiger partial charge is 0.191 e. The second kappa shape index (κ2) is 11.7. The Morgan fingerprint density at radius 2 is 2.00 bits per heavy atom. The second-order valence-corrected chi connectivity index (χ2v) is 7.81. The summed E-state index contributed by atoms with van der Waals surface area (Å²) in [6.45, 7) is 9.01. The van der Waals surface area contributed by atoms with E-state index >= 15 is 0 Å². The molecule has 2 aromatic rings. The summed E-state index contributed by atoms with van der Waals surface area (Å²) in [7, 11) is 3.48. The summed E-state index contributed by atoms with van der Waals surface area (Å²) < 4.78 is 11.0. The number of benzene rings is 1. The highest BCUT2D eigenvalue weighted by atomic mass is 32.1. The molecule has 6 nitrogen and oxygen atoms in total. The van der Waals surface area contributed by atoms with E-state index in [4.69, 9.17) is 9.47 Å². The van der Waals surface area contributed by atoms with Crippen LogP contribution in [0.5, 0.6) is 5.75 Å². The van der Waals surface area contributed by atoms with E-state index in [-0.39, 0.29) is 0 Å². The number of rotatable bonds is 10. The van der Waals surface area contributed by atoms with Crippen molar-refractivity contribution in [3.8, 4) is 5.75 Å². The van der Waals surface area contributed by atoms with Crippen LogP contribution in [0.3, 0.4) is 0 Å². The first-order valence-corrected chi connectivity index (χ1v) is 10.5. The Morgan fingerprint density at radius 3 is 2.68 bits per heavy atom. The van der Waals surface area contributed by atoms with Gasteiger partial charge in [-0.25, -0.2) is 4.98 Å². The van der Waals surface area contributed by atoms with Crippen molar-refractivity contribution in [2.75, 3.05) is 27.4 Å². The quantitative estimate of drug-likeness (QED) is 0.358. The molecule has 0 aliphatic rings. The van der Waals surface area contributed by atoms with Gasteiger partial charge in [-0.05, 0) is 18.6 Å². The summed E-state index contributed by atoms with van der Waals surface area (Å²) >= 11 is 1.70. The molecule has 0 atom stereocenters. The summed E-state index contributed by atoms with van der Waals surface area (Å²) in [6, 6.07) is 6.26. The molecule has 2 N–H and O–H groups in total. The fourth-order valence-corrected chi connectivity index (χ4v) is 3.41. The molecule has 154 valence electrons. The van der Waals surface area contributed by atoms with Gasteiger partial charge >= 0.3 is 0 Å². The maximum Gasteiger partial charge on any atom is 0.191 e. The summed E-state index contributed by atoms with van der Waals surface area (Å²) in [5, 5.41) is 9.94. The molecular weight excluding hydrogens is 372 g/mol. The van der Waals surface area contributed by atoms with Crippen LogP contribution in [0.15, 0.2) is 28.6 Å². The molecule has 2 rings (SSSR count). The van der Waals surface area contributed by atoms with Crippen LogP contribution in [0.25, 0.3) is 0 Å². The Balaban J connectivity index is 1.89. The van der Waals surface area contributed by atoms with Crippen molar-refractivity contribution in [1.29, 1.82) is 0 Å². The first-order chi connectivity index (χ1) is 13.5. The number of aryl methyl sites for hydroxylation is 1. The normalized spacial score (nSPS) is 11.7. The van der Waals surface area contributed by atoms with Crippen molar-refractivity contribution < 1.29 is 9.47 Å². The van der Waals surface area contributed by atoms with Crippen LogP contribution in [0, 0.1) is 6.92 Å². The SMILES string of the molecule is CN=C(NCc1csc(C(C)C)n1)NCc1ccc(C)cc1OCCCOC. The third-order valence-corrected chi connectivity index (χ3v) is 5.34. The van der Waals surface area contributed by atoms with Gasteiger partial charge in [-0.1, -0.05) is 26.0 Å². The number of hydrogen-bond acceptors (Lipinski definition) is 5. The molecule has 0 radical (unpaired) electrons. The molecular formula is C21H32N4O2S. The molecule has 1 aromatic heterocycles. The number of thiazole rings is 1. The minimum Gasteiger partial charge on any atom is -0.493 e. The first-order valence-electron chi connectivity index (χ1n) is 9.63. The zero-order valence-electron chi connectivity index (χ0n) is 17.5. The molecule has 1 heterocycles. The average Bonchev–Trinajstić information content (AvgIpc) is 3.16. The van der Waals surface area contributed by atoms with Gasteiger partial charge in [0.1, 0.15) is 5.75 Å². The van der Waals surface area contributed by atoms with Crippen molar-refractivity contribution in [3.63, 3.8) is 0 Å². The van der Waals surface area contributed by atoms with Gasteiger partial charge in [0.2, 0.25) is 0 Å². The maximum atomic E-state index is 5.95. The van der Waals surface area contributed by atoms with Gasteiger partial charge in [0.05, 0.1) is 23.9 Å². The highest BCUT2D eigenvalue weighted by Crippen LogP contribution is 2.21. The lowest BCUT2D eigenvalue weighted by atomic mass is 10.1. The molecule has 7 heteroatoms. The molecule has 28 heavy (non-hydrogen) atoms. The van der Waals surface area contributed by atoms with Crippen LogP contribution in [0.1, 0.15) is 48.0 Å². The Labute approximate surface area is 172 Å². The lowest BCUT2D eigenvalue weighted by Gasteiger charge is -2.15. The van der Waals surface area contributed by atoms with E-state index in [2.05, 4.69) is 65.0 Å². The summed E-state index contributed by atoms with van der Waals surface area (Å²) in [5.74, 6) is 2.10. The summed E-state index contributed by atoms with van der Waals surface area (Å²) in [4.78, 5) is 8.96. The molecule has 0 aliphatic heterocycles. The van der Waals surface area contributed by atoms with Crippen molar-refractivity contribution in [2.45, 2.75) is 46.2 Å². The zero-order valence-corrected chi connectivity index (χ0v) is 18.4. The maximum absolute atomic E-state index is 5.95. The number of aliphatic imine (C=N–C) groups is 1. The van der Waals surface area contributed by atoms with Crippen LogP contribution in [-0.4, -0.2) is 38.3 Å². The van der Waals surface area contributed by atoms with Crippen LogP contribution < -0.4 is 15.4 Å².